The van der Waals surface area contributed by atoms with Crippen molar-refractivity contribution in [3.63, 3.8) is 0 Å². The SMILES string of the molecule is Cc1cnn(-c2cc(N3CCC4NNC(CCc5ccccc5)C4C3)ncn2)c1. The zero-order valence-corrected chi connectivity index (χ0v) is 16.7. The minimum Gasteiger partial charge on any atom is -0.356 e. The molecular weight excluding hydrogens is 362 g/mol. The average Bonchev–Trinajstić information content (AvgIpc) is 3.39. The molecule has 0 aliphatic carbocycles. The molecule has 0 amide bonds. The van der Waals surface area contributed by atoms with Gasteiger partial charge in [0.2, 0.25) is 0 Å². The lowest BCUT2D eigenvalue weighted by Crippen LogP contribution is -2.46. The predicted octanol–water partition coefficient (Wildman–Crippen LogP) is 2.27. The van der Waals surface area contributed by atoms with Crippen LogP contribution < -0.4 is 15.8 Å². The van der Waals surface area contributed by atoms with Crippen molar-refractivity contribution in [3.8, 4) is 5.82 Å². The van der Waals surface area contributed by atoms with Crippen LogP contribution in [0.5, 0.6) is 0 Å². The predicted molar refractivity (Wildman–Crippen MR) is 113 cm³/mol. The molecule has 29 heavy (non-hydrogen) atoms. The van der Waals surface area contributed by atoms with Gasteiger partial charge in [0.05, 0.1) is 6.20 Å². The zero-order valence-electron chi connectivity index (χ0n) is 16.7. The molecule has 2 aliphatic rings. The second-order valence-electron chi connectivity index (χ2n) is 8.12. The van der Waals surface area contributed by atoms with Crippen LogP contribution in [0.4, 0.5) is 5.82 Å². The summed E-state index contributed by atoms with van der Waals surface area (Å²) in [6, 6.07) is 13.8. The smallest absolute Gasteiger partial charge is 0.158 e. The van der Waals surface area contributed by atoms with Gasteiger partial charge in [-0.15, -0.1) is 0 Å². The fraction of sp³-hybridized carbons (Fsp3) is 0.409. The van der Waals surface area contributed by atoms with Crippen molar-refractivity contribution in [2.75, 3.05) is 18.0 Å². The number of nitrogens with one attached hydrogen (secondary N) is 2. The van der Waals surface area contributed by atoms with Crippen molar-refractivity contribution < 1.29 is 0 Å². The molecular formula is C22H27N7. The molecule has 2 aromatic heterocycles. The van der Waals surface area contributed by atoms with Gasteiger partial charge in [0, 0.05) is 43.4 Å². The Kier molecular flexibility index (Phi) is 4.99. The molecule has 3 atom stereocenters. The second kappa shape index (κ2) is 7.93. The molecule has 0 saturated carbocycles. The van der Waals surface area contributed by atoms with E-state index in [9.17, 15) is 0 Å². The van der Waals surface area contributed by atoms with Crippen LogP contribution in [0.15, 0.2) is 55.1 Å². The molecule has 7 nitrogen and oxygen atoms in total. The number of piperidine rings is 1. The normalized spacial score (nSPS) is 23.9. The number of hydrazine groups is 1. The van der Waals surface area contributed by atoms with Crippen molar-refractivity contribution in [2.45, 2.75) is 38.3 Å². The summed E-state index contributed by atoms with van der Waals surface area (Å²) in [6.07, 6.45) is 8.82. The fourth-order valence-corrected chi connectivity index (χ4v) is 4.52. The third-order valence-corrected chi connectivity index (χ3v) is 6.12. The summed E-state index contributed by atoms with van der Waals surface area (Å²) in [5.74, 6) is 2.36. The molecule has 2 fully saturated rings. The first-order valence-corrected chi connectivity index (χ1v) is 10.4. The lowest BCUT2D eigenvalue weighted by molar-refractivity contribution is 0.343. The van der Waals surface area contributed by atoms with E-state index in [0.717, 1.165) is 49.6 Å². The Bertz CT molecular complexity index is 955. The number of rotatable bonds is 5. The van der Waals surface area contributed by atoms with E-state index < -0.39 is 0 Å². The summed E-state index contributed by atoms with van der Waals surface area (Å²) in [6.45, 7) is 4.03. The fourth-order valence-electron chi connectivity index (χ4n) is 4.52. The van der Waals surface area contributed by atoms with Crippen molar-refractivity contribution in [1.82, 2.24) is 30.6 Å². The van der Waals surface area contributed by atoms with Crippen molar-refractivity contribution >= 4 is 5.82 Å². The highest BCUT2D eigenvalue weighted by atomic mass is 15.4. The summed E-state index contributed by atoms with van der Waals surface area (Å²) < 4.78 is 1.81. The van der Waals surface area contributed by atoms with Crippen LogP contribution in [0.1, 0.15) is 24.0 Å². The van der Waals surface area contributed by atoms with E-state index in [1.165, 1.54) is 5.56 Å². The van der Waals surface area contributed by atoms with Crippen molar-refractivity contribution in [1.29, 1.82) is 0 Å². The zero-order chi connectivity index (χ0) is 19.6. The number of aryl methyl sites for hydroxylation is 2. The number of aromatic nitrogens is 4. The maximum atomic E-state index is 4.56. The third-order valence-electron chi connectivity index (χ3n) is 6.12. The van der Waals surface area contributed by atoms with Gasteiger partial charge in [0.15, 0.2) is 5.82 Å². The summed E-state index contributed by atoms with van der Waals surface area (Å²) >= 11 is 0. The first kappa shape index (κ1) is 18.3. The van der Waals surface area contributed by atoms with Crippen LogP contribution in [0, 0.1) is 12.8 Å². The van der Waals surface area contributed by atoms with Gasteiger partial charge in [-0.25, -0.2) is 14.6 Å². The summed E-state index contributed by atoms with van der Waals surface area (Å²) in [5.41, 5.74) is 9.61. The van der Waals surface area contributed by atoms with Gasteiger partial charge in [-0.2, -0.15) is 5.10 Å². The summed E-state index contributed by atoms with van der Waals surface area (Å²) in [7, 11) is 0. The second-order valence-corrected chi connectivity index (χ2v) is 8.12. The number of hydrogen-bond donors (Lipinski definition) is 2. The monoisotopic (exact) mass is 389 g/mol. The van der Waals surface area contributed by atoms with Crippen LogP contribution >= 0.6 is 0 Å². The molecule has 4 heterocycles. The van der Waals surface area contributed by atoms with Gasteiger partial charge < -0.3 is 4.90 Å². The van der Waals surface area contributed by atoms with Gasteiger partial charge in [0.1, 0.15) is 12.1 Å². The first-order valence-electron chi connectivity index (χ1n) is 10.4. The number of fused-ring (bicyclic) bond motifs is 1. The minimum absolute atomic E-state index is 0.470. The maximum absolute atomic E-state index is 4.56. The highest BCUT2D eigenvalue weighted by molar-refractivity contribution is 5.44. The van der Waals surface area contributed by atoms with Gasteiger partial charge >= 0.3 is 0 Å². The standard InChI is InChI=1S/C22H27N7/c1-16-12-25-29(13-16)22-11-21(23-15-24-22)28-10-9-20-18(14-28)19(26-27-20)8-7-17-5-3-2-4-6-17/h2-6,11-13,15,18-20,26-27H,7-10,14H2,1H3. The molecule has 5 rings (SSSR count). The largest absolute Gasteiger partial charge is 0.356 e. The molecule has 3 aromatic rings. The Balaban J connectivity index is 1.28. The van der Waals surface area contributed by atoms with E-state index in [1.54, 1.807) is 6.33 Å². The van der Waals surface area contributed by atoms with Gasteiger partial charge in [-0.3, -0.25) is 10.9 Å². The summed E-state index contributed by atoms with van der Waals surface area (Å²) in [4.78, 5) is 11.4. The minimum atomic E-state index is 0.470. The van der Waals surface area contributed by atoms with Gasteiger partial charge in [-0.05, 0) is 37.3 Å². The van der Waals surface area contributed by atoms with E-state index in [0.29, 0.717) is 18.0 Å². The number of hydrogen-bond acceptors (Lipinski definition) is 6. The van der Waals surface area contributed by atoms with Gasteiger partial charge in [0.25, 0.3) is 0 Å². The van der Waals surface area contributed by atoms with Crippen molar-refractivity contribution in [2.24, 2.45) is 5.92 Å². The average molecular weight is 390 g/mol. The Morgan fingerprint density at radius 3 is 2.79 bits per heavy atom. The maximum Gasteiger partial charge on any atom is 0.158 e. The van der Waals surface area contributed by atoms with Crippen molar-refractivity contribution in [3.05, 3.63) is 66.2 Å². The van der Waals surface area contributed by atoms with Crippen LogP contribution in [-0.2, 0) is 6.42 Å². The molecule has 2 aliphatic heterocycles. The van der Waals surface area contributed by atoms with Gasteiger partial charge in [-0.1, -0.05) is 30.3 Å². The molecule has 3 unspecified atom stereocenters. The van der Waals surface area contributed by atoms with Crippen LogP contribution in [-0.4, -0.2) is 44.9 Å². The molecule has 150 valence electrons. The van der Waals surface area contributed by atoms with E-state index >= 15 is 0 Å². The molecule has 1 aromatic carbocycles. The Morgan fingerprint density at radius 1 is 1.10 bits per heavy atom. The Morgan fingerprint density at radius 2 is 1.97 bits per heavy atom. The third kappa shape index (κ3) is 3.88. The van der Waals surface area contributed by atoms with Crippen LogP contribution in [0.3, 0.4) is 0 Å². The number of nitrogens with zero attached hydrogens (tertiary/aromatic N) is 5. The van der Waals surface area contributed by atoms with E-state index in [2.05, 4.69) is 61.1 Å². The number of anilines is 1. The molecule has 0 spiro atoms. The van der Waals surface area contributed by atoms with E-state index in [1.807, 2.05) is 30.1 Å². The van der Waals surface area contributed by atoms with E-state index in [4.69, 9.17) is 0 Å². The Hall–Kier alpha value is -2.77. The quantitative estimate of drug-likeness (QED) is 0.698. The van der Waals surface area contributed by atoms with Crippen LogP contribution in [0.25, 0.3) is 5.82 Å². The lowest BCUT2D eigenvalue weighted by atomic mass is 9.86. The molecule has 0 bridgehead atoms. The highest BCUT2D eigenvalue weighted by Crippen LogP contribution is 2.29. The first-order chi connectivity index (χ1) is 14.3. The lowest BCUT2D eigenvalue weighted by Gasteiger charge is -2.36. The topological polar surface area (TPSA) is 70.9 Å². The molecule has 2 saturated heterocycles. The highest BCUT2D eigenvalue weighted by Gasteiger charge is 2.39. The Labute approximate surface area is 171 Å². The summed E-state index contributed by atoms with van der Waals surface area (Å²) in [5, 5.41) is 4.38. The molecule has 7 heteroatoms. The molecule has 2 N–H and O–H groups in total. The van der Waals surface area contributed by atoms with E-state index in [-0.39, 0.29) is 0 Å². The molecule has 0 radical (unpaired) electrons. The number of benzene rings is 1. The van der Waals surface area contributed by atoms with Crippen LogP contribution in [0.2, 0.25) is 0 Å².